The molecule has 2 aromatic carbocycles. The average molecular weight is 435 g/mol. The van der Waals surface area contributed by atoms with Gasteiger partial charge in [-0.1, -0.05) is 24.3 Å². The fourth-order valence-electron chi connectivity index (χ4n) is 3.98. The molecule has 7 heteroatoms. The topological polar surface area (TPSA) is 19.4 Å². The molecule has 3 nitrogen and oxygen atoms in total. The van der Waals surface area contributed by atoms with Crippen LogP contribution < -0.4 is 4.90 Å². The highest BCUT2D eigenvalue weighted by molar-refractivity contribution is 5.83. The summed E-state index contributed by atoms with van der Waals surface area (Å²) >= 11 is 0. The number of hydrogen-bond donors (Lipinski definition) is 0. The van der Waals surface area contributed by atoms with Gasteiger partial charge < -0.3 is 9.80 Å². The van der Waals surface area contributed by atoms with Crippen LogP contribution in [-0.2, 0) is 6.18 Å². The van der Waals surface area contributed by atoms with Crippen molar-refractivity contribution in [1.82, 2.24) is 9.88 Å². The van der Waals surface area contributed by atoms with Crippen molar-refractivity contribution in [3.8, 4) is 0 Å². The number of fused-ring (bicyclic) bond motifs is 1. The minimum absolute atomic E-state index is 0.279. The molecule has 0 N–H and O–H groups in total. The van der Waals surface area contributed by atoms with E-state index in [1.165, 1.54) is 24.3 Å². The van der Waals surface area contributed by atoms with Gasteiger partial charge in [-0.3, -0.25) is 4.98 Å². The zero-order chi connectivity index (χ0) is 22.3. The molecule has 0 saturated heterocycles. The van der Waals surface area contributed by atoms with Crippen molar-refractivity contribution in [2.75, 3.05) is 4.90 Å². The molecule has 2 aliphatic rings. The molecule has 0 fully saturated rings. The van der Waals surface area contributed by atoms with Gasteiger partial charge in [0, 0.05) is 41.6 Å². The minimum Gasteiger partial charge on any atom is -0.321 e. The van der Waals surface area contributed by atoms with E-state index in [0.29, 0.717) is 5.56 Å². The molecule has 2 aliphatic heterocycles. The molecule has 1 atom stereocenters. The fourth-order valence-corrected chi connectivity index (χ4v) is 3.98. The normalized spacial score (nSPS) is 17.8. The maximum absolute atomic E-state index is 13.5. The molecule has 0 aliphatic carbocycles. The Balaban J connectivity index is 1.58. The van der Waals surface area contributed by atoms with Gasteiger partial charge in [0.2, 0.25) is 0 Å². The number of nitrogens with zero attached hydrogens (tertiary/aromatic N) is 3. The molecular weight excluding hydrogens is 418 g/mol. The highest BCUT2D eigenvalue weighted by Gasteiger charge is 2.36. The van der Waals surface area contributed by atoms with Crippen LogP contribution in [0.15, 0.2) is 103 Å². The first-order valence-electron chi connectivity index (χ1n) is 9.92. The van der Waals surface area contributed by atoms with Crippen LogP contribution in [0.1, 0.15) is 22.9 Å². The van der Waals surface area contributed by atoms with Crippen molar-refractivity contribution in [3.63, 3.8) is 0 Å². The Labute approximate surface area is 182 Å². The van der Waals surface area contributed by atoms with E-state index in [-0.39, 0.29) is 12.0 Å². The van der Waals surface area contributed by atoms with Crippen LogP contribution in [0.5, 0.6) is 0 Å². The number of hydrogen-bond acceptors (Lipinski definition) is 3. The number of pyridine rings is 1. The summed E-state index contributed by atoms with van der Waals surface area (Å²) in [4.78, 5) is 8.27. The summed E-state index contributed by atoms with van der Waals surface area (Å²) in [5.41, 5.74) is 3.30. The highest BCUT2D eigenvalue weighted by Crippen LogP contribution is 2.45. The van der Waals surface area contributed by atoms with Crippen molar-refractivity contribution < 1.29 is 17.6 Å². The van der Waals surface area contributed by atoms with Gasteiger partial charge in [-0.2, -0.15) is 13.2 Å². The first kappa shape index (κ1) is 20.1. The SMILES string of the molecule is Fc1ccc(N2C=C3C(c4ccc(C(F)(F)F)cc4)=CC=CN3C2c2cccnc2)cc1. The molecule has 0 amide bonds. The Kier molecular flexibility index (Phi) is 4.81. The molecule has 0 saturated carbocycles. The summed E-state index contributed by atoms with van der Waals surface area (Å²) < 4.78 is 52.5. The van der Waals surface area contributed by atoms with E-state index in [4.69, 9.17) is 0 Å². The van der Waals surface area contributed by atoms with E-state index >= 15 is 0 Å². The lowest BCUT2D eigenvalue weighted by Crippen LogP contribution is -2.29. The molecule has 1 unspecified atom stereocenters. The average Bonchev–Trinajstić information content (AvgIpc) is 3.19. The standard InChI is InChI=1S/C25H17F4N3/c26-20-9-11-21(12-10-20)32-16-23-22(17-5-7-19(8-6-17)25(27,28)29)4-2-14-31(23)24(32)18-3-1-13-30-15-18/h1-16,24H. The quantitative estimate of drug-likeness (QED) is 0.437. The number of benzene rings is 2. The van der Waals surface area contributed by atoms with Crippen LogP contribution in [0, 0.1) is 5.82 Å². The second-order valence-electron chi connectivity index (χ2n) is 7.46. The van der Waals surface area contributed by atoms with E-state index in [0.717, 1.165) is 34.7 Å². The van der Waals surface area contributed by atoms with Gasteiger partial charge in [-0.25, -0.2) is 4.39 Å². The van der Waals surface area contributed by atoms with Gasteiger partial charge in [-0.15, -0.1) is 0 Å². The number of rotatable bonds is 3. The van der Waals surface area contributed by atoms with E-state index in [2.05, 4.69) is 4.98 Å². The Hall–Kier alpha value is -3.87. The van der Waals surface area contributed by atoms with Gasteiger partial charge in [0.05, 0.1) is 11.3 Å². The monoisotopic (exact) mass is 435 g/mol. The van der Waals surface area contributed by atoms with Crippen molar-refractivity contribution in [3.05, 3.63) is 126 Å². The molecule has 1 aromatic heterocycles. The number of halogens is 4. The molecule has 0 radical (unpaired) electrons. The van der Waals surface area contributed by atoms with Gasteiger partial charge in [0.25, 0.3) is 0 Å². The Bertz CT molecular complexity index is 1210. The second-order valence-corrected chi connectivity index (χ2v) is 7.46. The van der Waals surface area contributed by atoms with Gasteiger partial charge in [-0.05, 0) is 54.1 Å². The third-order valence-electron chi connectivity index (χ3n) is 5.48. The largest absolute Gasteiger partial charge is 0.416 e. The summed E-state index contributed by atoms with van der Waals surface area (Å²) in [5, 5.41) is 0. The van der Waals surface area contributed by atoms with Gasteiger partial charge in [0.1, 0.15) is 12.0 Å². The molecule has 3 heterocycles. The van der Waals surface area contributed by atoms with Crippen LogP contribution in [0.3, 0.4) is 0 Å². The number of anilines is 1. The van der Waals surface area contributed by atoms with Crippen LogP contribution in [-0.4, -0.2) is 9.88 Å². The van der Waals surface area contributed by atoms with Gasteiger partial charge >= 0.3 is 6.18 Å². The summed E-state index contributed by atoms with van der Waals surface area (Å²) in [6.07, 6.45) is 6.37. The molecule has 32 heavy (non-hydrogen) atoms. The fraction of sp³-hybridized carbons (Fsp3) is 0.0800. The maximum atomic E-state index is 13.5. The highest BCUT2D eigenvalue weighted by atomic mass is 19.4. The Morgan fingerprint density at radius 2 is 1.62 bits per heavy atom. The maximum Gasteiger partial charge on any atom is 0.416 e. The lowest BCUT2D eigenvalue weighted by atomic mass is 9.98. The molecule has 0 spiro atoms. The van der Waals surface area contributed by atoms with Crippen molar-refractivity contribution in [2.45, 2.75) is 12.3 Å². The second kappa shape index (κ2) is 7.67. The van der Waals surface area contributed by atoms with Gasteiger partial charge in [0.15, 0.2) is 0 Å². The van der Waals surface area contributed by atoms with Crippen molar-refractivity contribution in [1.29, 1.82) is 0 Å². The summed E-state index contributed by atoms with van der Waals surface area (Å²) in [7, 11) is 0. The lowest BCUT2D eigenvalue weighted by molar-refractivity contribution is -0.137. The summed E-state index contributed by atoms with van der Waals surface area (Å²) in [6.45, 7) is 0. The first-order chi connectivity index (χ1) is 15.4. The zero-order valence-corrected chi connectivity index (χ0v) is 16.7. The van der Waals surface area contributed by atoms with E-state index in [9.17, 15) is 17.6 Å². The molecule has 3 aromatic rings. The van der Waals surface area contributed by atoms with E-state index in [1.807, 2.05) is 46.5 Å². The smallest absolute Gasteiger partial charge is 0.321 e. The summed E-state index contributed by atoms with van der Waals surface area (Å²) in [5.74, 6) is -0.332. The number of alkyl halides is 3. The molecule has 0 bridgehead atoms. The zero-order valence-electron chi connectivity index (χ0n) is 16.7. The first-order valence-corrected chi connectivity index (χ1v) is 9.92. The van der Waals surface area contributed by atoms with Crippen LogP contribution in [0.25, 0.3) is 5.57 Å². The van der Waals surface area contributed by atoms with Crippen LogP contribution >= 0.6 is 0 Å². The summed E-state index contributed by atoms with van der Waals surface area (Å²) in [6, 6.07) is 15.1. The van der Waals surface area contributed by atoms with Crippen LogP contribution in [0.4, 0.5) is 23.2 Å². The Morgan fingerprint density at radius 1 is 0.875 bits per heavy atom. The molecule has 5 rings (SSSR count). The Morgan fingerprint density at radius 3 is 2.28 bits per heavy atom. The molecule has 160 valence electrons. The van der Waals surface area contributed by atoms with E-state index < -0.39 is 11.7 Å². The van der Waals surface area contributed by atoms with E-state index in [1.54, 1.807) is 24.5 Å². The third kappa shape index (κ3) is 3.56. The predicted octanol–water partition coefficient (Wildman–Crippen LogP) is 6.51. The van der Waals surface area contributed by atoms with Crippen molar-refractivity contribution in [2.24, 2.45) is 0 Å². The predicted molar refractivity (Wildman–Crippen MR) is 114 cm³/mol. The lowest BCUT2D eigenvalue weighted by Gasteiger charge is -2.33. The van der Waals surface area contributed by atoms with Crippen molar-refractivity contribution >= 4 is 11.3 Å². The van der Waals surface area contributed by atoms with Crippen LogP contribution in [0.2, 0.25) is 0 Å². The number of aromatic nitrogens is 1. The number of allylic oxidation sites excluding steroid dienone is 3. The third-order valence-corrected chi connectivity index (χ3v) is 5.48. The minimum atomic E-state index is -4.39. The molecular formula is C25H17F4N3.